The summed E-state index contributed by atoms with van der Waals surface area (Å²) in [6.45, 7) is 0.883. The van der Waals surface area contributed by atoms with Crippen molar-refractivity contribution in [2.75, 3.05) is 45.8 Å². The number of nitrogens with zero attached hydrogens (tertiary/aromatic N) is 3. The molecule has 0 saturated heterocycles. The number of likely N-dealkylation sites (N-methyl/N-ethyl adjacent to an activating group) is 1. The summed E-state index contributed by atoms with van der Waals surface area (Å²) in [5.41, 5.74) is 0.274. The van der Waals surface area contributed by atoms with Gasteiger partial charge in [-0.25, -0.2) is 9.37 Å². The molecule has 0 atom stereocenters. The quantitative estimate of drug-likeness (QED) is 0.533. The first-order chi connectivity index (χ1) is 13.5. The predicted molar refractivity (Wildman–Crippen MR) is 116 cm³/mol. The second kappa shape index (κ2) is 10.4. The Morgan fingerprint density at radius 2 is 1.83 bits per heavy atom. The number of hydrogen-bond donors (Lipinski definition) is 0. The molecule has 0 radical (unpaired) electrons. The molecule has 2 aromatic carbocycles. The van der Waals surface area contributed by atoms with E-state index in [0.717, 1.165) is 0 Å². The number of halogens is 2. The Hall–Kier alpha value is -2.42. The molecule has 156 valence electrons. The summed E-state index contributed by atoms with van der Waals surface area (Å²) < 4.78 is 25.6. The van der Waals surface area contributed by atoms with Crippen molar-refractivity contribution in [3.8, 4) is 11.5 Å². The van der Waals surface area contributed by atoms with E-state index in [0.29, 0.717) is 34.4 Å². The number of hydrogen-bond acceptors (Lipinski definition) is 6. The Bertz CT molecular complexity index is 967. The number of para-hydroxylation sites is 3. The van der Waals surface area contributed by atoms with Crippen LogP contribution in [0.5, 0.6) is 11.5 Å². The van der Waals surface area contributed by atoms with Crippen LogP contribution < -0.4 is 14.4 Å². The molecule has 1 heterocycles. The lowest BCUT2D eigenvalue weighted by atomic mass is 10.3. The molecule has 0 aliphatic rings. The van der Waals surface area contributed by atoms with Crippen LogP contribution in [0, 0.1) is 5.82 Å². The van der Waals surface area contributed by atoms with E-state index < -0.39 is 5.82 Å². The molecule has 3 rings (SSSR count). The molecule has 0 aliphatic carbocycles. The first kappa shape index (κ1) is 22.9. The van der Waals surface area contributed by atoms with E-state index in [1.807, 2.05) is 31.1 Å². The number of rotatable bonds is 8. The number of carbonyl (C=O) groups excluding carboxylic acids is 1. The third-order valence-corrected chi connectivity index (χ3v) is 5.13. The number of aromatic nitrogens is 1. The van der Waals surface area contributed by atoms with Gasteiger partial charge in [0.05, 0.1) is 11.8 Å². The second-order valence-corrected chi connectivity index (χ2v) is 7.38. The van der Waals surface area contributed by atoms with Crippen molar-refractivity contribution < 1.29 is 18.7 Å². The molecule has 0 N–H and O–H groups in total. The number of fused-ring (bicyclic) bond motifs is 1. The van der Waals surface area contributed by atoms with Crippen molar-refractivity contribution in [1.82, 2.24) is 9.88 Å². The van der Waals surface area contributed by atoms with E-state index in [1.54, 1.807) is 36.3 Å². The summed E-state index contributed by atoms with van der Waals surface area (Å²) in [7, 11) is 5.39. The summed E-state index contributed by atoms with van der Waals surface area (Å²) in [6.07, 6.45) is 0. The average Bonchev–Trinajstić information content (AvgIpc) is 3.11. The van der Waals surface area contributed by atoms with Gasteiger partial charge in [0, 0.05) is 13.1 Å². The number of benzene rings is 2. The van der Waals surface area contributed by atoms with Gasteiger partial charge in [-0.05, 0) is 38.4 Å². The van der Waals surface area contributed by atoms with Gasteiger partial charge in [-0.3, -0.25) is 9.69 Å². The second-order valence-electron chi connectivity index (χ2n) is 6.37. The molecule has 1 aromatic heterocycles. The maximum atomic E-state index is 14.0. The van der Waals surface area contributed by atoms with Crippen LogP contribution in [-0.4, -0.2) is 56.7 Å². The third kappa shape index (κ3) is 5.56. The van der Waals surface area contributed by atoms with E-state index in [1.165, 1.54) is 17.4 Å². The van der Waals surface area contributed by atoms with Crippen LogP contribution >= 0.6 is 23.7 Å². The summed E-state index contributed by atoms with van der Waals surface area (Å²) in [4.78, 5) is 20.8. The minimum absolute atomic E-state index is 0. The molecule has 1 amide bonds. The SMILES string of the molecule is COc1ccccc1OCC(=O)N(CCN(C)C)c1nc2c(F)cccc2s1.Cl. The highest BCUT2D eigenvalue weighted by atomic mass is 35.5. The maximum Gasteiger partial charge on any atom is 0.266 e. The van der Waals surface area contributed by atoms with Gasteiger partial charge in [0.2, 0.25) is 0 Å². The van der Waals surface area contributed by atoms with Crippen LogP contribution in [0.4, 0.5) is 9.52 Å². The summed E-state index contributed by atoms with van der Waals surface area (Å²) in [5, 5.41) is 0.454. The third-order valence-electron chi connectivity index (χ3n) is 4.08. The number of amides is 1. The zero-order chi connectivity index (χ0) is 20.1. The van der Waals surface area contributed by atoms with Gasteiger partial charge in [0.1, 0.15) is 11.3 Å². The van der Waals surface area contributed by atoms with Crippen LogP contribution in [0.25, 0.3) is 10.2 Å². The number of thiazole rings is 1. The van der Waals surface area contributed by atoms with Gasteiger partial charge >= 0.3 is 0 Å². The monoisotopic (exact) mass is 439 g/mol. The first-order valence-corrected chi connectivity index (χ1v) is 9.57. The Labute approximate surface area is 179 Å². The first-order valence-electron chi connectivity index (χ1n) is 8.75. The van der Waals surface area contributed by atoms with Crippen LogP contribution in [0.3, 0.4) is 0 Å². The molecule has 0 spiro atoms. The van der Waals surface area contributed by atoms with Gasteiger partial charge in [-0.15, -0.1) is 12.4 Å². The van der Waals surface area contributed by atoms with E-state index in [4.69, 9.17) is 9.47 Å². The average molecular weight is 440 g/mol. The molecule has 0 saturated carbocycles. The van der Waals surface area contributed by atoms with Crippen LogP contribution in [-0.2, 0) is 4.79 Å². The molecule has 0 bridgehead atoms. The normalized spacial score (nSPS) is 10.7. The largest absolute Gasteiger partial charge is 0.493 e. The van der Waals surface area contributed by atoms with Crippen LogP contribution in [0.2, 0.25) is 0 Å². The predicted octanol–water partition coefficient (Wildman–Crippen LogP) is 3.84. The fourth-order valence-electron chi connectivity index (χ4n) is 2.60. The van der Waals surface area contributed by atoms with Gasteiger partial charge in [0.15, 0.2) is 23.2 Å². The maximum absolute atomic E-state index is 14.0. The van der Waals surface area contributed by atoms with Crippen molar-refractivity contribution >= 4 is 45.0 Å². The van der Waals surface area contributed by atoms with Gasteiger partial charge < -0.3 is 14.4 Å². The van der Waals surface area contributed by atoms with Crippen molar-refractivity contribution in [3.05, 3.63) is 48.3 Å². The molecular weight excluding hydrogens is 417 g/mol. The van der Waals surface area contributed by atoms with Crippen molar-refractivity contribution in [1.29, 1.82) is 0 Å². The minimum atomic E-state index is -0.398. The standard InChI is InChI=1S/C20H22FN3O3S.ClH/c1-23(2)11-12-24(20-22-19-14(21)7-6-10-17(19)28-20)18(25)13-27-16-9-5-4-8-15(16)26-3;/h4-10H,11-13H2,1-3H3;1H. The number of carbonyl (C=O) groups is 1. The molecule has 3 aromatic rings. The smallest absolute Gasteiger partial charge is 0.266 e. The number of ether oxygens (including phenoxy) is 2. The Morgan fingerprint density at radius 3 is 2.48 bits per heavy atom. The van der Waals surface area contributed by atoms with Gasteiger partial charge in [-0.2, -0.15) is 0 Å². The Kier molecular flexibility index (Phi) is 8.19. The zero-order valence-corrected chi connectivity index (χ0v) is 18.1. The van der Waals surface area contributed by atoms with Crippen LogP contribution in [0.15, 0.2) is 42.5 Å². The fraction of sp³-hybridized carbons (Fsp3) is 0.300. The van der Waals surface area contributed by atoms with E-state index in [-0.39, 0.29) is 30.4 Å². The van der Waals surface area contributed by atoms with Crippen molar-refractivity contribution in [2.24, 2.45) is 0 Å². The topological polar surface area (TPSA) is 54.9 Å². The van der Waals surface area contributed by atoms with Crippen molar-refractivity contribution in [2.45, 2.75) is 0 Å². The summed E-state index contributed by atoms with van der Waals surface area (Å²) in [6, 6.07) is 11.9. The fourth-order valence-corrected chi connectivity index (χ4v) is 3.62. The van der Waals surface area contributed by atoms with E-state index in [9.17, 15) is 9.18 Å². The molecular formula is C20H23ClFN3O3S. The molecule has 0 fully saturated rings. The van der Waals surface area contributed by atoms with E-state index >= 15 is 0 Å². The Morgan fingerprint density at radius 1 is 1.10 bits per heavy atom. The minimum Gasteiger partial charge on any atom is -0.493 e. The highest BCUT2D eigenvalue weighted by Gasteiger charge is 2.21. The lowest BCUT2D eigenvalue weighted by Gasteiger charge is -2.22. The molecule has 29 heavy (non-hydrogen) atoms. The molecule has 9 heteroatoms. The molecule has 0 unspecified atom stereocenters. The highest BCUT2D eigenvalue weighted by Crippen LogP contribution is 2.31. The highest BCUT2D eigenvalue weighted by molar-refractivity contribution is 7.22. The Balaban J connectivity index is 0.00000300. The number of anilines is 1. The van der Waals surface area contributed by atoms with Crippen LogP contribution in [0.1, 0.15) is 0 Å². The van der Waals surface area contributed by atoms with E-state index in [2.05, 4.69) is 4.98 Å². The van der Waals surface area contributed by atoms with Gasteiger partial charge in [0.25, 0.3) is 5.91 Å². The van der Waals surface area contributed by atoms with Crippen molar-refractivity contribution in [3.63, 3.8) is 0 Å². The molecule has 0 aliphatic heterocycles. The summed E-state index contributed by atoms with van der Waals surface area (Å²) >= 11 is 1.28. The van der Waals surface area contributed by atoms with Gasteiger partial charge in [-0.1, -0.05) is 29.5 Å². The lowest BCUT2D eigenvalue weighted by molar-refractivity contribution is -0.120. The zero-order valence-electron chi connectivity index (χ0n) is 16.4. The molecule has 6 nitrogen and oxygen atoms in total. The summed E-state index contributed by atoms with van der Waals surface area (Å²) in [5.74, 6) is 0.385. The number of methoxy groups -OCH3 is 1. The lowest BCUT2D eigenvalue weighted by Crippen LogP contribution is -2.39.